The van der Waals surface area contributed by atoms with Gasteiger partial charge < -0.3 is 5.11 Å². The number of pyridine rings is 1. The highest BCUT2D eigenvalue weighted by atomic mass is 35.5. The van der Waals surface area contributed by atoms with Crippen molar-refractivity contribution in [2.24, 2.45) is 0 Å². The van der Waals surface area contributed by atoms with Crippen molar-refractivity contribution >= 4 is 38.8 Å². The summed E-state index contributed by atoms with van der Waals surface area (Å²) >= 11 is 5.70. The first-order valence-corrected chi connectivity index (χ1v) is 11.3. The number of carbonyl (C=O) groups is 1. The van der Waals surface area contributed by atoms with Gasteiger partial charge in [0.15, 0.2) is 5.65 Å². The van der Waals surface area contributed by atoms with E-state index in [1.54, 1.807) is 0 Å². The fraction of sp³-hybridized carbons (Fsp3) is 0.316. The largest absolute Gasteiger partial charge is 0.480 e. The van der Waals surface area contributed by atoms with Gasteiger partial charge in [-0.25, -0.2) is 27.0 Å². The molecule has 13 heteroatoms. The smallest absolute Gasteiger partial charge is 0.331 e. The van der Waals surface area contributed by atoms with Crippen LogP contribution in [0.1, 0.15) is 18.9 Å². The molecule has 0 atom stereocenters. The zero-order valence-electron chi connectivity index (χ0n) is 16.4. The third kappa shape index (κ3) is 3.89. The lowest BCUT2D eigenvalue weighted by Crippen LogP contribution is -2.41. The molecule has 0 bridgehead atoms. The van der Waals surface area contributed by atoms with E-state index in [9.17, 15) is 26.8 Å². The second kappa shape index (κ2) is 8.26. The van der Waals surface area contributed by atoms with Gasteiger partial charge in [0.1, 0.15) is 23.1 Å². The molecular weight excluding hydrogens is 470 g/mol. The molecule has 1 aliphatic heterocycles. The molecule has 3 heterocycles. The van der Waals surface area contributed by atoms with Crippen molar-refractivity contribution in [3.63, 3.8) is 0 Å². The normalized spacial score (nSPS) is 16.0. The maximum absolute atomic E-state index is 14.2. The SMILES string of the molecule is O=C(O)Cn1c(=O)n(C2CCN(S(=O)(=O)c3ccc(Cl)cc3F)CC2)c2ncc(F)cc21. The number of carboxylic acids is 1. The Morgan fingerprint density at radius 3 is 2.53 bits per heavy atom. The number of imidazole rings is 1. The van der Waals surface area contributed by atoms with Crippen LogP contribution in [0, 0.1) is 11.6 Å². The van der Waals surface area contributed by atoms with E-state index >= 15 is 0 Å². The summed E-state index contributed by atoms with van der Waals surface area (Å²) in [5.41, 5.74) is -0.524. The van der Waals surface area contributed by atoms with Crippen molar-refractivity contribution < 1.29 is 27.1 Å². The first-order valence-electron chi connectivity index (χ1n) is 9.53. The highest BCUT2D eigenvalue weighted by Crippen LogP contribution is 2.30. The molecular formula is C19H17ClF2N4O5S. The van der Waals surface area contributed by atoms with E-state index < -0.39 is 50.8 Å². The predicted molar refractivity (Wildman–Crippen MR) is 110 cm³/mol. The number of fused-ring (bicyclic) bond motifs is 1. The number of rotatable bonds is 5. The molecule has 1 saturated heterocycles. The summed E-state index contributed by atoms with van der Waals surface area (Å²) in [6, 6.07) is 3.84. The van der Waals surface area contributed by atoms with Crippen molar-refractivity contribution in [2.75, 3.05) is 13.1 Å². The van der Waals surface area contributed by atoms with Gasteiger partial charge in [-0.15, -0.1) is 0 Å². The summed E-state index contributed by atoms with van der Waals surface area (Å²) in [6.45, 7) is -0.681. The highest BCUT2D eigenvalue weighted by molar-refractivity contribution is 7.89. The number of nitrogens with zero attached hydrogens (tertiary/aromatic N) is 4. The third-order valence-electron chi connectivity index (χ3n) is 5.36. The average molecular weight is 487 g/mol. The Morgan fingerprint density at radius 2 is 1.91 bits per heavy atom. The van der Waals surface area contributed by atoms with Crippen LogP contribution in [0.15, 0.2) is 40.2 Å². The number of hydrogen-bond acceptors (Lipinski definition) is 5. The van der Waals surface area contributed by atoms with E-state index in [0.717, 1.165) is 33.3 Å². The van der Waals surface area contributed by atoms with Crippen LogP contribution in [0.25, 0.3) is 11.2 Å². The quantitative estimate of drug-likeness (QED) is 0.591. The van der Waals surface area contributed by atoms with Gasteiger partial charge in [0.05, 0.1) is 11.7 Å². The molecule has 1 aromatic carbocycles. The molecule has 0 amide bonds. The highest BCUT2D eigenvalue weighted by Gasteiger charge is 2.33. The zero-order valence-corrected chi connectivity index (χ0v) is 18.0. The number of piperidine rings is 1. The van der Waals surface area contributed by atoms with Crippen LogP contribution in [-0.2, 0) is 21.4 Å². The molecule has 1 fully saturated rings. The van der Waals surface area contributed by atoms with Crippen molar-refractivity contribution in [1.29, 1.82) is 0 Å². The van der Waals surface area contributed by atoms with E-state index in [2.05, 4.69) is 4.98 Å². The molecule has 0 unspecified atom stereocenters. The van der Waals surface area contributed by atoms with Crippen LogP contribution < -0.4 is 5.69 Å². The van der Waals surface area contributed by atoms with Gasteiger partial charge in [0.25, 0.3) is 0 Å². The van der Waals surface area contributed by atoms with Gasteiger partial charge in [-0.1, -0.05) is 11.6 Å². The molecule has 0 spiro atoms. The molecule has 0 saturated carbocycles. The molecule has 0 aliphatic carbocycles. The average Bonchev–Trinajstić information content (AvgIpc) is 2.98. The van der Waals surface area contributed by atoms with E-state index in [-0.39, 0.29) is 42.1 Å². The molecule has 32 heavy (non-hydrogen) atoms. The zero-order chi connectivity index (χ0) is 23.2. The summed E-state index contributed by atoms with van der Waals surface area (Å²) < 4.78 is 56.9. The Morgan fingerprint density at radius 1 is 1.22 bits per heavy atom. The lowest BCUT2D eigenvalue weighted by atomic mass is 10.1. The molecule has 9 nitrogen and oxygen atoms in total. The summed E-state index contributed by atoms with van der Waals surface area (Å²) in [6.07, 6.45) is 1.31. The Kier molecular flexibility index (Phi) is 5.77. The minimum atomic E-state index is -4.12. The predicted octanol–water partition coefficient (Wildman–Crippen LogP) is 2.24. The summed E-state index contributed by atoms with van der Waals surface area (Å²) in [4.78, 5) is 27.6. The Hall–Kier alpha value is -2.83. The summed E-state index contributed by atoms with van der Waals surface area (Å²) in [7, 11) is -4.12. The maximum Gasteiger partial charge on any atom is 0.331 e. The van der Waals surface area contributed by atoms with Gasteiger partial charge in [-0.05, 0) is 31.0 Å². The van der Waals surface area contributed by atoms with Gasteiger partial charge in [0.2, 0.25) is 10.0 Å². The number of sulfonamides is 1. The minimum Gasteiger partial charge on any atom is -0.480 e. The van der Waals surface area contributed by atoms with Gasteiger partial charge >= 0.3 is 11.7 Å². The van der Waals surface area contributed by atoms with Gasteiger partial charge in [0, 0.05) is 30.2 Å². The first kappa shape index (κ1) is 22.4. The third-order valence-corrected chi connectivity index (χ3v) is 7.53. The molecule has 1 aliphatic rings. The van der Waals surface area contributed by atoms with E-state index in [4.69, 9.17) is 16.7 Å². The van der Waals surface area contributed by atoms with E-state index in [1.165, 1.54) is 10.6 Å². The maximum atomic E-state index is 14.2. The fourth-order valence-corrected chi connectivity index (χ4v) is 5.58. The molecule has 4 rings (SSSR count). The Labute approximate surface area is 185 Å². The monoisotopic (exact) mass is 486 g/mol. The molecule has 170 valence electrons. The topological polar surface area (TPSA) is 114 Å². The fourth-order valence-electron chi connectivity index (χ4n) is 3.91. The first-order chi connectivity index (χ1) is 15.1. The number of benzene rings is 1. The Balaban J connectivity index is 1.64. The standard InChI is InChI=1S/C19H17ClF2N4O5S/c20-11-1-2-16(14(22)7-11)32(30,31)24-5-3-13(4-6-24)26-18-15(8-12(21)9-23-18)25(19(26)29)10-17(27)28/h1-2,7-9,13H,3-6,10H2,(H,27,28). The molecule has 0 radical (unpaired) electrons. The minimum absolute atomic E-state index is 0.00565. The second-order valence-electron chi connectivity index (χ2n) is 7.34. The lowest BCUT2D eigenvalue weighted by Gasteiger charge is -2.31. The molecule has 1 N–H and O–H groups in total. The van der Waals surface area contributed by atoms with Gasteiger partial charge in [-0.3, -0.25) is 13.9 Å². The Bertz CT molecular complexity index is 1380. The van der Waals surface area contributed by atoms with Crippen LogP contribution >= 0.6 is 11.6 Å². The van der Waals surface area contributed by atoms with E-state index in [1.807, 2.05) is 0 Å². The van der Waals surface area contributed by atoms with Crippen molar-refractivity contribution in [3.8, 4) is 0 Å². The number of hydrogen-bond donors (Lipinski definition) is 1. The second-order valence-corrected chi connectivity index (χ2v) is 9.68. The number of carboxylic acid groups (broad SMARTS) is 1. The molecule has 2 aromatic heterocycles. The molecule has 3 aromatic rings. The summed E-state index contributed by atoms with van der Waals surface area (Å²) in [5.74, 6) is -2.96. The van der Waals surface area contributed by atoms with Crippen LogP contribution in [-0.4, -0.2) is 51.0 Å². The number of aliphatic carboxylic acids is 1. The van der Waals surface area contributed by atoms with Crippen molar-refractivity contribution in [3.05, 3.63) is 57.6 Å². The van der Waals surface area contributed by atoms with Crippen LogP contribution in [0.2, 0.25) is 5.02 Å². The number of aromatic nitrogens is 3. The number of halogens is 3. The summed E-state index contributed by atoms with van der Waals surface area (Å²) in [5, 5.41) is 9.19. The van der Waals surface area contributed by atoms with E-state index in [0.29, 0.717) is 0 Å². The lowest BCUT2D eigenvalue weighted by molar-refractivity contribution is -0.137. The van der Waals surface area contributed by atoms with Gasteiger partial charge in [-0.2, -0.15) is 4.31 Å². The van der Waals surface area contributed by atoms with Crippen LogP contribution in [0.4, 0.5) is 8.78 Å². The van der Waals surface area contributed by atoms with Crippen LogP contribution in [0.3, 0.4) is 0 Å². The van der Waals surface area contributed by atoms with Crippen molar-refractivity contribution in [2.45, 2.75) is 30.3 Å². The van der Waals surface area contributed by atoms with Crippen molar-refractivity contribution in [1.82, 2.24) is 18.4 Å². The van der Waals surface area contributed by atoms with Crippen LogP contribution in [0.5, 0.6) is 0 Å².